The zero-order chi connectivity index (χ0) is 20.6. The van der Waals surface area contributed by atoms with Crippen LogP contribution in [0.25, 0.3) is 10.9 Å². The van der Waals surface area contributed by atoms with Crippen molar-refractivity contribution < 1.29 is 18.3 Å². The molecule has 0 radical (unpaired) electrons. The Morgan fingerprint density at radius 3 is 2.83 bits per heavy atom. The van der Waals surface area contributed by atoms with Crippen molar-refractivity contribution in [1.82, 2.24) is 25.1 Å². The minimum atomic E-state index is -2.54. The van der Waals surface area contributed by atoms with E-state index in [0.717, 1.165) is 35.0 Å². The molecule has 1 saturated carbocycles. The van der Waals surface area contributed by atoms with Gasteiger partial charge >= 0.3 is 0 Å². The first kappa shape index (κ1) is 19.2. The van der Waals surface area contributed by atoms with Crippen molar-refractivity contribution in [3.63, 3.8) is 0 Å². The van der Waals surface area contributed by atoms with Crippen LogP contribution in [0.5, 0.6) is 5.88 Å². The smallest absolute Gasteiger partial charge is 0.272 e. The standard InChI is InChI=1S/C20H21F2N5O2/c1-12-7-14(8-24-19(12)29-10-17(21)22)13(2)27-9-15-16(26-27)3-6-23-18(15)20(4-5-20)25-11-28/h3,6-9,11,13,17H,4-5,10H2,1-2H3,(H,25,28). The van der Waals surface area contributed by atoms with Crippen molar-refractivity contribution in [3.8, 4) is 5.88 Å². The van der Waals surface area contributed by atoms with Gasteiger partial charge in [-0.15, -0.1) is 0 Å². The molecule has 1 atom stereocenters. The molecule has 1 N–H and O–H groups in total. The summed E-state index contributed by atoms with van der Waals surface area (Å²) in [6.45, 7) is 3.07. The molecule has 152 valence electrons. The number of fused-ring (bicyclic) bond motifs is 1. The van der Waals surface area contributed by atoms with E-state index in [4.69, 9.17) is 4.74 Å². The first-order valence-electron chi connectivity index (χ1n) is 9.37. The second-order valence-corrected chi connectivity index (χ2v) is 7.31. The van der Waals surface area contributed by atoms with Gasteiger partial charge in [0.25, 0.3) is 6.43 Å². The van der Waals surface area contributed by atoms with E-state index >= 15 is 0 Å². The molecule has 0 spiro atoms. The van der Waals surface area contributed by atoms with E-state index in [-0.39, 0.29) is 11.9 Å². The number of carbonyl (C=O) groups excluding carboxylic acids is 1. The fourth-order valence-electron chi connectivity index (χ4n) is 3.49. The van der Waals surface area contributed by atoms with Gasteiger partial charge in [0.1, 0.15) is 0 Å². The highest BCUT2D eigenvalue weighted by atomic mass is 19.3. The summed E-state index contributed by atoms with van der Waals surface area (Å²) in [7, 11) is 0. The number of amides is 1. The monoisotopic (exact) mass is 401 g/mol. The Kier molecular flexibility index (Phi) is 4.89. The Bertz CT molecular complexity index is 1050. The van der Waals surface area contributed by atoms with Crippen molar-refractivity contribution in [2.75, 3.05) is 6.61 Å². The average molecular weight is 401 g/mol. The number of aromatic nitrogens is 4. The number of halogens is 2. The number of carbonyl (C=O) groups is 1. The number of alkyl halides is 2. The Labute approximate surface area is 166 Å². The molecule has 0 aromatic carbocycles. The van der Waals surface area contributed by atoms with Crippen molar-refractivity contribution in [1.29, 1.82) is 0 Å². The molecule has 29 heavy (non-hydrogen) atoms. The number of rotatable bonds is 8. The van der Waals surface area contributed by atoms with Crippen molar-refractivity contribution >= 4 is 17.3 Å². The molecule has 1 unspecified atom stereocenters. The van der Waals surface area contributed by atoms with Gasteiger partial charge in [-0.1, -0.05) is 0 Å². The zero-order valence-corrected chi connectivity index (χ0v) is 16.1. The molecule has 3 heterocycles. The van der Waals surface area contributed by atoms with Crippen LogP contribution in [-0.2, 0) is 10.3 Å². The lowest BCUT2D eigenvalue weighted by atomic mass is 10.1. The van der Waals surface area contributed by atoms with Crippen LogP contribution in [0.15, 0.2) is 30.7 Å². The lowest BCUT2D eigenvalue weighted by Crippen LogP contribution is -2.28. The number of aryl methyl sites for hydroxylation is 1. The normalized spacial score (nSPS) is 16.0. The first-order chi connectivity index (χ1) is 13.9. The van der Waals surface area contributed by atoms with E-state index < -0.39 is 18.6 Å². The van der Waals surface area contributed by atoms with Gasteiger partial charge in [-0.25, -0.2) is 13.8 Å². The van der Waals surface area contributed by atoms with Crippen LogP contribution in [0.4, 0.5) is 8.78 Å². The third-order valence-corrected chi connectivity index (χ3v) is 5.27. The van der Waals surface area contributed by atoms with E-state index in [9.17, 15) is 13.6 Å². The quantitative estimate of drug-likeness (QED) is 0.587. The van der Waals surface area contributed by atoms with Gasteiger partial charge in [0.05, 0.1) is 22.8 Å². The lowest BCUT2D eigenvalue weighted by molar-refractivity contribution is -0.110. The summed E-state index contributed by atoms with van der Waals surface area (Å²) in [4.78, 5) is 19.7. The highest BCUT2D eigenvalue weighted by Gasteiger charge is 2.46. The lowest BCUT2D eigenvalue weighted by Gasteiger charge is -2.15. The predicted molar refractivity (Wildman–Crippen MR) is 102 cm³/mol. The Hall–Kier alpha value is -3.10. The molecule has 0 bridgehead atoms. The van der Waals surface area contributed by atoms with E-state index in [0.29, 0.717) is 12.0 Å². The second-order valence-electron chi connectivity index (χ2n) is 7.31. The third kappa shape index (κ3) is 3.64. The maximum absolute atomic E-state index is 12.4. The predicted octanol–water partition coefficient (Wildman–Crippen LogP) is 3.12. The molecule has 0 aliphatic heterocycles. The van der Waals surface area contributed by atoms with Crippen LogP contribution in [-0.4, -0.2) is 39.2 Å². The molecule has 4 rings (SSSR count). The molecule has 0 saturated heterocycles. The van der Waals surface area contributed by atoms with Gasteiger partial charge in [0.15, 0.2) is 6.61 Å². The van der Waals surface area contributed by atoms with Crippen LogP contribution >= 0.6 is 0 Å². The number of nitrogens with zero attached hydrogens (tertiary/aromatic N) is 4. The molecule has 7 nitrogen and oxygen atoms in total. The van der Waals surface area contributed by atoms with Crippen molar-refractivity contribution in [3.05, 3.63) is 47.5 Å². The topological polar surface area (TPSA) is 81.9 Å². The van der Waals surface area contributed by atoms with E-state index in [1.54, 1.807) is 19.3 Å². The van der Waals surface area contributed by atoms with Gasteiger partial charge < -0.3 is 10.1 Å². The van der Waals surface area contributed by atoms with Gasteiger partial charge in [-0.3, -0.25) is 14.5 Å². The van der Waals surface area contributed by atoms with Crippen LogP contribution in [0.2, 0.25) is 0 Å². The highest BCUT2D eigenvalue weighted by molar-refractivity contribution is 5.82. The summed E-state index contributed by atoms with van der Waals surface area (Å²) < 4.78 is 31.6. The summed E-state index contributed by atoms with van der Waals surface area (Å²) >= 11 is 0. The van der Waals surface area contributed by atoms with Crippen LogP contribution in [0.1, 0.15) is 42.6 Å². The Balaban J connectivity index is 1.63. The molecule has 1 aliphatic rings. The summed E-state index contributed by atoms with van der Waals surface area (Å²) in [6, 6.07) is 3.56. The minimum absolute atomic E-state index is 0.139. The third-order valence-electron chi connectivity index (χ3n) is 5.27. The first-order valence-corrected chi connectivity index (χ1v) is 9.37. The van der Waals surface area contributed by atoms with Crippen molar-refractivity contribution in [2.45, 2.75) is 44.7 Å². The zero-order valence-electron chi connectivity index (χ0n) is 16.1. The number of hydrogen-bond acceptors (Lipinski definition) is 5. The highest BCUT2D eigenvalue weighted by Crippen LogP contribution is 2.46. The minimum Gasteiger partial charge on any atom is -0.471 e. The molecular weight excluding hydrogens is 380 g/mol. The SMILES string of the molecule is Cc1cc(C(C)n2cc3c(C4(NC=O)CC4)nccc3n2)cnc1OCC(F)F. The second kappa shape index (κ2) is 7.38. The van der Waals surface area contributed by atoms with Gasteiger partial charge in [0.2, 0.25) is 12.3 Å². The largest absolute Gasteiger partial charge is 0.471 e. The summed E-state index contributed by atoms with van der Waals surface area (Å²) in [5.74, 6) is 0.203. The molecule has 3 aromatic heterocycles. The Morgan fingerprint density at radius 1 is 1.38 bits per heavy atom. The van der Waals surface area contributed by atoms with Crippen LogP contribution < -0.4 is 10.1 Å². The molecular formula is C20H21F2N5O2. The molecule has 3 aromatic rings. The Morgan fingerprint density at radius 2 is 2.17 bits per heavy atom. The van der Waals surface area contributed by atoms with E-state index in [1.807, 2.05) is 29.9 Å². The summed E-state index contributed by atoms with van der Waals surface area (Å²) in [5.41, 5.74) is 2.77. The average Bonchev–Trinajstić information content (AvgIpc) is 3.34. The summed E-state index contributed by atoms with van der Waals surface area (Å²) in [6.07, 6.45) is 5.10. The number of ether oxygens (including phenoxy) is 1. The van der Waals surface area contributed by atoms with Crippen LogP contribution in [0.3, 0.4) is 0 Å². The molecule has 1 fully saturated rings. The van der Waals surface area contributed by atoms with Crippen molar-refractivity contribution in [2.24, 2.45) is 0 Å². The number of hydrogen-bond donors (Lipinski definition) is 1. The van der Waals surface area contributed by atoms with Crippen LogP contribution in [0, 0.1) is 6.92 Å². The number of pyridine rings is 2. The summed E-state index contributed by atoms with van der Waals surface area (Å²) in [5, 5.41) is 8.45. The molecule has 1 amide bonds. The van der Waals surface area contributed by atoms with E-state index in [2.05, 4.69) is 20.4 Å². The maximum atomic E-state index is 12.4. The van der Waals surface area contributed by atoms with E-state index in [1.165, 1.54) is 0 Å². The van der Waals surface area contributed by atoms with Gasteiger partial charge in [-0.05, 0) is 44.4 Å². The number of nitrogens with one attached hydrogen (secondary N) is 1. The fraction of sp³-hybridized carbons (Fsp3) is 0.400. The van der Waals surface area contributed by atoms with Gasteiger partial charge in [0, 0.05) is 29.5 Å². The fourth-order valence-corrected chi connectivity index (χ4v) is 3.49. The molecule has 9 heteroatoms. The van der Waals surface area contributed by atoms with Gasteiger partial charge in [-0.2, -0.15) is 5.10 Å². The molecule has 1 aliphatic carbocycles. The maximum Gasteiger partial charge on any atom is 0.272 e.